The number of nitriles is 1. The molecule has 1 rings (SSSR count). The number of hydrogen-bond donors (Lipinski definition) is 0. The smallest absolute Gasteiger partial charge is 0.336 e. The number of carbonyl (C=O) groups excluding carboxylic acids is 1. The summed E-state index contributed by atoms with van der Waals surface area (Å²) in [5.41, 5.74) is 0. The van der Waals surface area contributed by atoms with Gasteiger partial charge in [-0.25, -0.2) is 4.79 Å². The van der Waals surface area contributed by atoms with E-state index in [-0.39, 0.29) is 12.0 Å². The second kappa shape index (κ2) is 4.94. The molecule has 1 fully saturated rings. The topological polar surface area (TPSA) is 62.6 Å². The van der Waals surface area contributed by atoms with Crippen molar-refractivity contribution in [1.82, 2.24) is 4.90 Å². The van der Waals surface area contributed by atoms with Crippen molar-refractivity contribution in [3.8, 4) is 6.07 Å². The molecule has 1 saturated heterocycles. The quantitative estimate of drug-likeness (QED) is 0.574. The van der Waals surface area contributed by atoms with Crippen LogP contribution in [0.15, 0.2) is 0 Å². The number of morpholine rings is 1. The molecular weight excluding hydrogens is 184 g/mol. The van der Waals surface area contributed by atoms with Gasteiger partial charge in [-0.2, -0.15) is 5.26 Å². The lowest BCUT2D eigenvalue weighted by molar-refractivity contribution is -0.160. The molecule has 0 aromatic carbocycles. The Balaban J connectivity index is 2.52. The van der Waals surface area contributed by atoms with Crippen molar-refractivity contribution in [2.24, 2.45) is 0 Å². The summed E-state index contributed by atoms with van der Waals surface area (Å²) in [6.07, 6.45) is -0.551. The van der Waals surface area contributed by atoms with Crippen LogP contribution < -0.4 is 0 Å². The lowest BCUT2D eigenvalue weighted by Gasteiger charge is -2.32. The molecule has 78 valence electrons. The fourth-order valence-corrected chi connectivity index (χ4v) is 1.38. The third kappa shape index (κ3) is 2.44. The van der Waals surface area contributed by atoms with E-state index in [1.165, 1.54) is 7.11 Å². The van der Waals surface area contributed by atoms with Gasteiger partial charge in [0, 0.05) is 13.1 Å². The first-order valence-electron chi connectivity index (χ1n) is 4.52. The minimum Gasteiger partial charge on any atom is -0.467 e. The van der Waals surface area contributed by atoms with E-state index in [2.05, 4.69) is 10.8 Å². The van der Waals surface area contributed by atoms with Gasteiger partial charge in [-0.3, -0.25) is 4.90 Å². The molecule has 0 bridgehead atoms. The van der Waals surface area contributed by atoms with Crippen LogP contribution in [0, 0.1) is 11.3 Å². The number of hydrogen-bond acceptors (Lipinski definition) is 5. The number of carbonyl (C=O) groups is 1. The zero-order valence-electron chi connectivity index (χ0n) is 8.40. The molecule has 0 N–H and O–H groups in total. The van der Waals surface area contributed by atoms with Crippen LogP contribution in [0.25, 0.3) is 0 Å². The number of nitrogens with zero attached hydrogens (tertiary/aromatic N) is 2. The maximum atomic E-state index is 11.2. The Morgan fingerprint density at radius 1 is 1.79 bits per heavy atom. The van der Waals surface area contributed by atoms with Gasteiger partial charge < -0.3 is 9.47 Å². The van der Waals surface area contributed by atoms with Crippen molar-refractivity contribution in [3.63, 3.8) is 0 Å². The van der Waals surface area contributed by atoms with Crippen LogP contribution >= 0.6 is 0 Å². The summed E-state index contributed by atoms with van der Waals surface area (Å²) in [6, 6.07) is 1.94. The maximum Gasteiger partial charge on any atom is 0.336 e. The summed E-state index contributed by atoms with van der Waals surface area (Å²) in [7, 11) is 1.33. The Morgan fingerprint density at radius 3 is 3.07 bits per heavy atom. The van der Waals surface area contributed by atoms with Crippen LogP contribution in [-0.2, 0) is 14.3 Å². The molecule has 5 nitrogen and oxygen atoms in total. The highest BCUT2D eigenvalue weighted by molar-refractivity contribution is 5.74. The molecule has 14 heavy (non-hydrogen) atoms. The van der Waals surface area contributed by atoms with Gasteiger partial charge in [-0.05, 0) is 6.92 Å². The summed E-state index contributed by atoms with van der Waals surface area (Å²) >= 11 is 0. The molecule has 5 heteroatoms. The van der Waals surface area contributed by atoms with Crippen LogP contribution in [0.2, 0.25) is 0 Å². The molecule has 0 saturated carbocycles. The van der Waals surface area contributed by atoms with Crippen molar-refractivity contribution in [2.45, 2.75) is 19.1 Å². The molecule has 2 unspecified atom stereocenters. The summed E-state index contributed by atoms with van der Waals surface area (Å²) < 4.78 is 9.81. The van der Waals surface area contributed by atoms with E-state index >= 15 is 0 Å². The Kier molecular flexibility index (Phi) is 3.86. The average Bonchev–Trinajstić information content (AvgIpc) is 2.27. The number of methoxy groups -OCH3 is 1. The lowest BCUT2D eigenvalue weighted by Crippen LogP contribution is -2.49. The minimum absolute atomic E-state index is 0.189. The van der Waals surface area contributed by atoms with Gasteiger partial charge in [-0.15, -0.1) is 0 Å². The highest BCUT2D eigenvalue weighted by atomic mass is 16.6. The van der Waals surface area contributed by atoms with Crippen molar-refractivity contribution in [1.29, 1.82) is 5.26 Å². The molecule has 1 aliphatic rings. The van der Waals surface area contributed by atoms with E-state index in [0.29, 0.717) is 19.7 Å². The summed E-state index contributed by atoms with van der Waals surface area (Å²) in [5, 5.41) is 8.72. The molecule has 1 aliphatic heterocycles. The van der Waals surface area contributed by atoms with Crippen molar-refractivity contribution < 1.29 is 14.3 Å². The normalized spacial score (nSPS) is 25.1. The number of ether oxygens (including phenoxy) is 2. The van der Waals surface area contributed by atoms with Crippen molar-refractivity contribution in [2.75, 3.05) is 26.8 Å². The second-order valence-corrected chi connectivity index (χ2v) is 3.18. The molecular formula is C9H14N2O3. The van der Waals surface area contributed by atoms with Crippen LogP contribution in [0.5, 0.6) is 0 Å². The zero-order chi connectivity index (χ0) is 10.6. The number of esters is 1. The van der Waals surface area contributed by atoms with E-state index in [9.17, 15) is 4.79 Å². The molecule has 0 amide bonds. The standard InChI is InChI=1S/C9H14N2O3/c1-7(5-10)11-3-4-14-8(6-11)9(12)13-2/h7-8H,3-4,6H2,1-2H3. The van der Waals surface area contributed by atoms with Crippen molar-refractivity contribution >= 4 is 5.97 Å². The SMILES string of the molecule is COC(=O)C1CN(C(C)C#N)CCO1. The zero-order valence-corrected chi connectivity index (χ0v) is 8.40. The Hall–Kier alpha value is -1.12. The summed E-state index contributed by atoms with van der Waals surface area (Å²) in [6.45, 7) is 3.38. The fourth-order valence-electron chi connectivity index (χ4n) is 1.38. The van der Waals surface area contributed by atoms with Gasteiger partial charge in [0.15, 0.2) is 6.10 Å². The van der Waals surface area contributed by atoms with E-state index in [1.54, 1.807) is 6.92 Å². The first kappa shape index (κ1) is 11.0. The molecule has 2 atom stereocenters. The predicted molar refractivity (Wildman–Crippen MR) is 48.4 cm³/mol. The maximum absolute atomic E-state index is 11.2. The van der Waals surface area contributed by atoms with Gasteiger partial charge in [0.25, 0.3) is 0 Å². The fraction of sp³-hybridized carbons (Fsp3) is 0.778. The Morgan fingerprint density at radius 2 is 2.50 bits per heavy atom. The van der Waals surface area contributed by atoms with E-state index in [1.807, 2.05) is 4.90 Å². The second-order valence-electron chi connectivity index (χ2n) is 3.18. The summed E-state index contributed by atoms with van der Waals surface area (Å²) in [5.74, 6) is -0.375. The van der Waals surface area contributed by atoms with Crippen LogP contribution in [0.4, 0.5) is 0 Å². The molecule has 0 radical (unpaired) electrons. The minimum atomic E-state index is -0.551. The monoisotopic (exact) mass is 198 g/mol. The molecule has 0 aromatic heterocycles. The molecule has 0 aliphatic carbocycles. The molecule has 0 spiro atoms. The van der Waals surface area contributed by atoms with Crippen molar-refractivity contribution in [3.05, 3.63) is 0 Å². The van der Waals surface area contributed by atoms with E-state index < -0.39 is 6.10 Å². The van der Waals surface area contributed by atoms with Crippen LogP contribution in [-0.4, -0.2) is 49.8 Å². The largest absolute Gasteiger partial charge is 0.467 e. The third-order valence-corrected chi connectivity index (χ3v) is 2.30. The number of rotatable bonds is 2. The van der Waals surface area contributed by atoms with Gasteiger partial charge in [0.1, 0.15) is 0 Å². The summed E-state index contributed by atoms with van der Waals surface area (Å²) in [4.78, 5) is 13.1. The first-order chi connectivity index (χ1) is 6.69. The van der Waals surface area contributed by atoms with E-state index in [4.69, 9.17) is 10.00 Å². The van der Waals surface area contributed by atoms with E-state index in [0.717, 1.165) is 0 Å². The highest BCUT2D eigenvalue weighted by Crippen LogP contribution is 2.09. The molecule has 1 heterocycles. The van der Waals surface area contributed by atoms with Crippen LogP contribution in [0.1, 0.15) is 6.92 Å². The Bertz CT molecular complexity index is 249. The Labute approximate surface area is 83.2 Å². The third-order valence-electron chi connectivity index (χ3n) is 2.30. The molecule has 0 aromatic rings. The highest BCUT2D eigenvalue weighted by Gasteiger charge is 2.29. The van der Waals surface area contributed by atoms with Gasteiger partial charge in [0.05, 0.1) is 25.8 Å². The predicted octanol–water partition coefficient (Wildman–Crippen LogP) is -0.228. The first-order valence-corrected chi connectivity index (χ1v) is 4.52. The van der Waals surface area contributed by atoms with Crippen LogP contribution in [0.3, 0.4) is 0 Å². The van der Waals surface area contributed by atoms with Gasteiger partial charge >= 0.3 is 5.97 Å². The average molecular weight is 198 g/mol. The van der Waals surface area contributed by atoms with Gasteiger partial charge in [0.2, 0.25) is 0 Å². The lowest BCUT2D eigenvalue weighted by atomic mass is 10.2. The van der Waals surface area contributed by atoms with Gasteiger partial charge in [-0.1, -0.05) is 0 Å².